The molecular formula is C16H34Si. The smallest absolute Gasteiger partial charge is 0.0328 e. The van der Waals surface area contributed by atoms with E-state index in [1.54, 1.807) is 10.8 Å². The van der Waals surface area contributed by atoms with Crippen LogP contribution in [0.15, 0.2) is 10.8 Å². The molecule has 0 rings (SSSR count). The first kappa shape index (κ1) is 17.0. The summed E-state index contributed by atoms with van der Waals surface area (Å²) in [6, 6.07) is 0. The highest BCUT2D eigenvalue weighted by molar-refractivity contribution is 6.21. The van der Waals surface area contributed by atoms with Crippen molar-refractivity contribution in [2.24, 2.45) is 0 Å². The number of hydrogen-bond acceptors (Lipinski definition) is 0. The minimum Gasteiger partial charge on any atom is -0.0959 e. The van der Waals surface area contributed by atoms with Crippen LogP contribution in [-0.4, -0.2) is 10.2 Å². The van der Waals surface area contributed by atoms with Crippen molar-refractivity contribution in [2.45, 2.75) is 91.4 Å². The molecule has 0 radical (unpaired) electrons. The van der Waals surface area contributed by atoms with Gasteiger partial charge in [0.1, 0.15) is 0 Å². The van der Waals surface area contributed by atoms with Crippen LogP contribution < -0.4 is 0 Å². The van der Waals surface area contributed by atoms with Gasteiger partial charge in [-0.05, 0) is 26.7 Å². The van der Waals surface area contributed by atoms with Crippen molar-refractivity contribution in [3.8, 4) is 0 Å². The lowest BCUT2D eigenvalue weighted by atomic mass is 10.0. The van der Waals surface area contributed by atoms with Crippen molar-refractivity contribution < 1.29 is 0 Å². The quantitative estimate of drug-likeness (QED) is 0.361. The molecule has 0 atom stereocenters. The van der Waals surface area contributed by atoms with Gasteiger partial charge in [0.15, 0.2) is 0 Å². The Hall–Kier alpha value is -0.0431. The van der Waals surface area contributed by atoms with Gasteiger partial charge in [-0.2, -0.15) is 0 Å². The highest BCUT2D eigenvalue weighted by atomic mass is 28.1. The molecule has 0 aliphatic rings. The molecular weight excluding hydrogens is 220 g/mol. The van der Waals surface area contributed by atoms with Crippen molar-refractivity contribution in [2.75, 3.05) is 0 Å². The first-order valence-corrected chi connectivity index (χ1v) is 8.81. The van der Waals surface area contributed by atoms with Gasteiger partial charge in [0.05, 0.1) is 0 Å². The monoisotopic (exact) mass is 254 g/mol. The number of rotatable bonds is 11. The molecule has 0 amide bonds. The number of allylic oxidation sites excluding steroid dienone is 2. The Labute approximate surface area is 113 Å². The lowest BCUT2D eigenvalue weighted by Crippen LogP contribution is -1.86. The van der Waals surface area contributed by atoms with Crippen LogP contribution in [0.5, 0.6) is 0 Å². The van der Waals surface area contributed by atoms with Gasteiger partial charge in [-0.3, -0.25) is 0 Å². The van der Waals surface area contributed by atoms with Gasteiger partial charge in [0, 0.05) is 10.2 Å². The lowest BCUT2D eigenvalue weighted by molar-refractivity contribution is 0.556. The molecule has 0 aliphatic carbocycles. The Morgan fingerprint density at radius 2 is 1.12 bits per heavy atom. The van der Waals surface area contributed by atoms with Gasteiger partial charge in [-0.15, -0.1) is 0 Å². The predicted molar refractivity (Wildman–Crippen MR) is 84.8 cm³/mol. The zero-order chi connectivity index (χ0) is 12.9. The first-order chi connectivity index (χ1) is 8.18. The van der Waals surface area contributed by atoms with Crippen molar-refractivity contribution >= 4 is 10.2 Å². The summed E-state index contributed by atoms with van der Waals surface area (Å²) in [4.78, 5) is 0. The van der Waals surface area contributed by atoms with E-state index in [0.29, 0.717) is 0 Å². The molecule has 0 aromatic rings. The molecule has 0 nitrogen and oxygen atoms in total. The van der Waals surface area contributed by atoms with Crippen LogP contribution in [0.1, 0.15) is 91.4 Å². The molecule has 0 bridgehead atoms. The highest BCUT2D eigenvalue weighted by Crippen LogP contribution is 2.14. The second-order valence-electron chi connectivity index (χ2n) is 5.71. The third kappa shape index (κ3) is 12.2. The summed E-state index contributed by atoms with van der Waals surface area (Å²) < 4.78 is 0. The summed E-state index contributed by atoms with van der Waals surface area (Å²) in [6.07, 6.45) is 15.8. The molecule has 102 valence electrons. The van der Waals surface area contributed by atoms with Gasteiger partial charge in [0.25, 0.3) is 0 Å². The Bertz CT molecular complexity index is 190. The fourth-order valence-corrected chi connectivity index (χ4v) is 2.38. The van der Waals surface area contributed by atoms with E-state index in [0.717, 1.165) is 0 Å². The molecule has 0 saturated heterocycles. The maximum Gasteiger partial charge on any atom is 0.0328 e. The maximum atomic E-state index is 2.32. The minimum atomic E-state index is 1.25. The molecule has 0 N–H and O–H groups in total. The fourth-order valence-electron chi connectivity index (χ4n) is 2.13. The minimum absolute atomic E-state index is 1.25. The molecule has 0 fully saturated rings. The largest absolute Gasteiger partial charge is 0.0959 e. The maximum absolute atomic E-state index is 2.32. The van der Waals surface area contributed by atoms with Gasteiger partial charge in [0.2, 0.25) is 0 Å². The van der Waals surface area contributed by atoms with E-state index in [-0.39, 0.29) is 0 Å². The normalized spacial score (nSPS) is 12.9. The predicted octanol–water partition coefficient (Wildman–Crippen LogP) is 4.96. The Balaban J connectivity index is 3.11. The molecule has 0 spiro atoms. The fraction of sp³-hybridized carbons (Fsp3) is 0.875. The van der Waals surface area contributed by atoms with E-state index in [2.05, 4.69) is 20.8 Å². The van der Waals surface area contributed by atoms with Gasteiger partial charge >= 0.3 is 0 Å². The Kier molecular flexibility index (Phi) is 12.4. The van der Waals surface area contributed by atoms with Gasteiger partial charge in [-0.1, -0.05) is 75.5 Å². The summed E-state index contributed by atoms with van der Waals surface area (Å²) in [5, 5.41) is 1.65. The van der Waals surface area contributed by atoms with Crippen molar-refractivity contribution in [3.63, 3.8) is 0 Å². The molecule has 0 saturated carbocycles. The number of hydrogen-bond donors (Lipinski definition) is 0. The molecule has 0 aromatic heterocycles. The van der Waals surface area contributed by atoms with E-state index in [1.165, 1.54) is 80.9 Å². The zero-order valence-corrected chi connectivity index (χ0v) is 14.8. The SMILES string of the molecule is CCCCCCCCCCCCC(C)=C(C)[SiH3]. The van der Waals surface area contributed by atoms with Crippen molar-refractivity contribution in [1.29, 1.82) is 0 Å². The van der Waals surface area contributed by atoms with Gasteiger partial charge in [-0.25, -0.2) is 0 Å². The molecule has 0 heterocycles. The third-order valence-electron chi connectivity index (χ3n) is 3.76. The third-order valence-corrected chi connectivity index (χ3v) is 4.61. The van der Waals surface area contributed by atoms with E-state index < -0.39 is 0 Å². The topological polar surface area (TPSA) is 0 Å². The Morgan fingerprint density at radius 1 is 0.706 bits per heavy atom. The molecule has 0 aliphatic heterocycles. The summed E-state index contributed by atoms with van der Waals surface area (Å²) >= 11 is 0. The second-order valence-corrected chi connectivity index (χ2v) is 7.21. The van der Waals surface area contributed by atoms with E-state index in [1.807, 2.05) is 0 Å². The summed E-state index contributed by atoms with van der Waals surface area (Å²) in [7, 11) is 1.25. The van der Waals surface area contributed by atoms with Crippen molar-refractivity contribution in [1.82, 2.24) is 0 Å². The number of unbranched alkanes of at least 4 members (excludes halogenated alkanes) is 9. The lowest BCUT2D eigenvalue weighted by Gasteiger charge is -2.04. The van der Waals surface area contributed by atoms with Gasteiger partial charge < -0.3 is 0 Å². The molecule has 17 heavy (non-hydrogen) atoms. The van der Waals surface area contributed by atoms with E-state index in [9.17, 15) is 0 Å². The average Bonchev–Trinajstić information content (AvgIpc) is 2.31. The zero-order valence-electron chi connectivity index (χ0n) is 12.8. The van der Waals surface area contributed by atoms with Crippen LogP contribution in [0.25, 0.3) is 0 Å². The first-order valence-electron chi connectivity index (χ1n) is 7.81. The second kappa shape index (κ2) is 12.4. The summed E-state index contributed by atoms with van der Waals surface area (Å²) in [5.41, 5.74) is 1.66. The molecule has 0 unspecified atom stereocenters. The van der Waals surface area contributed by atoms with Crippen LogP contribution in [0.3, 0.4) is 0 Å². The van der Waals surface area contributed by atoms with Crippen LogP contribution in [-0.2, 0) is 0 Å². The molecule has 0 aromatic carbocycles. The Morgan fingerprint density at radius 3 is 1.53 bits per heavy atom. The molecule has 1 heteroatoms. The summed E-state index contributed by atoms with van der Waals surface area (Å²) in [6.45, 7) is 6.89. The van der Waals surface area contributed by atoms with Crippen LogP contribution >= 0.6 is 0 Å². The van der Waals surface area contributed by atoms with Crippen LogP contribution in [0, 0.1) is 0 Å². The van der Waals surface area contributed by atoms with E-state index in [4.69, 9.17) is 0 Å². The van der Waals surface area contributed by atoms with Crippen molar-refractivity contribution in [3.05, 3.63) is 10.8 Å². The van der Waals surface area contributed by atoms with Crippen LogP contribution in [0.4, 0.5) is 0 Å². The van der Waals surface area contributed by atoms with E-state index >= 15 is 0 Å². The average molecular weight is 255 g/mol. The highest BCUT2D eigenvalue weighted by Gasteiger charge is 1.95. The van der Waals surface area contributed by atoms with Crippen LogP contribution in [0.2, 0.25) is 0 Å². The summed E-state index contributed by atoms with van der Waals surface area (Å²) in [5.74, 6) is 0. The standard InChI is InChI=1S/C16H34Si/c1-4-5-6-7-8-9-10-11-12-13-14-15(2)16(3)17/h4-14H2,1-3,17H3.